The molecular weight excluding hydrogens is 272 g/mol. The Morgan fingerprint density at radius 3 is 2.89 bits per heavy atom. The van der Waals surface area contributed by atoms with Crippen LogP contribution in [0.2, 0.25) is 5.02 Å². The van der Waals surface area contributed by atoms with Gasteiger partial charge in [-0.05, 0) is 28.5 Å². The molecule has 0 unspecified atom stereocenters. The molecule has 0 atom stereocenters. The molecule has 8 nitrogen and oxygen atoms in total. The smallest absolute Gasteiger partial charge is 0.199 e. The summed E-state index contributed by atoms with van der Waals surface area (Å²) in [6.07, 6.45) is 1.29. The van der Waals surface area contributed by atoms with E-state index in [0.29, 0.717) is 10.6 Å². The van der Waals surface area contributed by atoms with Gasteiger partial charge in [0.1, 0.15) is 5.75 Å². The predicted molar refractivity (Wildman–Crippen MR) is 70.1 cm³/mol. The largest absolute Gasteiger partial charge is 0.507 e. The van der Waals surface area contributed by atoms with Gasteiger partial charge in [0.05, 0.1) is 6.21 Å². The summed E-state index contributed by atoms with van der Waals surface area (Å²) in [5, 5.41) is 24.2. The molecule has 9 heteroatoms. The summed E-state index contributed by atoms with van der Waals surface area (Å²) >= 11 is 5.78. The maximum absolute atomic E-state index is 9.54. The van der Waals surface area contributed by atoms with Crippen LogP contribution < -0.4 is 11.5 Å². The Labute approximate surface area is 112 Å². The van der Waals surface area contributed by atoms with Crippen molar-refractivity contribution in [1.82, 2.24) is 10.3 Å². The third kappa shape index (κ3) is 2.99. The van der Waals surface area contributed by atoms with Crippen molar-refractivity contribution >= 4 is 29.5 Å². The summed E-state index contributed by atoms with van der Waals surface area (Å²) < 4.78 is 4.37. The van der Waals surface area contributed by atoms with Gasteiger partial charge in [0.25, 0.3) is 0 Å². The van der Waals surface area contributed by atoms with E-state index in [9.17, 15) is 5.11 Å². The van der Waals surface area contributed by atoms with E-state index >= 15 is 0 Å². The van der Waals surface area contributed by atoms with Gasteiger partial charge in [-0.2, -0.15) is 5.10 Å². The number of phenolic OH excluding ortho intramolecular Hbond substituents is 1. The average Bonchev–Trinajstić information content (AvgIpc) is 2.80. The number of phenols is 1. The second-order valence-corrected chi connectivity index (χ2v) is 3.87. The molecule has 1 aromatic carbocycles. The Kier molecular flexibility index (Phi) is 3.62. The maximum atomic E-state index is 9.54. The Balaban J connectivity index is 2.20. The third-order valence-corrected chi connectivity index (χ3v) is 2.34. The molecule has 0 bridgehead atoms. The van der Waals surface area contributed by atoms with E-state index in [2.05, 4.69) is 25.1 Å². The van der Waals surface area contributed by atoms with Gasteiger partial charge in [0.2, 0.25) is 0 Å². The number of rotatable bonds is 3. The summed E-state index contributed by atoms with van der Waals surface area (Å²) in [5.41, 5.74) is 11.5. The minimum atomic E-state index is -0.0588. The normalized spacial score (nSPS) is 12.2. The van der Waals surface area contributed by atoms with Crippen molar-refractivity contribution < 1.29 is 9.74 Å². The van der Waals surface area contributed by atoms with E-state index in [0.717, 1.165) is 0 Å². The number of anilines is 1. The van der Waals surface area contributed by atoms with E-state index in [1.54, 1.807) is 6.07 Å². The quantitative estimate of drug-likeness (QED) is 0.431. The predicted octanol–water partition coefficient (Wildman–Crippen LogP) is 0.750. The van der Waals surface area contributed by atoms with Crippen LogP contribution >= 0.6 is 11.6 Å². The van der Waals surface area contributed by atoms with Gasteiger partial charge in [-0.3, -0.25) is 0 Å². The zero-order valence-corrected chi connectivity index (χ0v) is 10.2. The lowest BCUT2D eigenvalue weighted by atomic mass is 10.2. The van der Waals surface area contributed by atoms with Crippen LogP contribution in [0.15, 0.2) is 33.0 Å². The van der Waals surface area contributed by atoms with Crippen molar-refractivity contribution in [2.45, 2.75) is 0 Å². The first kappa shape index (κ1) is 12.8. The van der Waals surface area contributed by atoms with Gasteiger partial charge in [0.15, 0.2) is 17.3 Å². The van der Waals surface area contributed by atoms with Gasteiger partial charge in [-0.1, -0.05) is 11.6 Å². The Morgan fingerprint density at radius 2 is 2.21 bits per heavy atom. The van der Waals surface area contributed by atoms with Crippen LogP contribution in [0.25, 0.3) is 0 Å². The minimum absolute atomic E-state index is 0.0158. The van der Waals surface area contributed by atoms with Gasteiger partial charge in [-0.15, -0.1) is 5.10 Å². The summed E-state index contributed by atoms with van der Waals surface area (Å²) in [6, 6.07) is 4.52. The number of halogens is 1. The average molecular weight is 281 g/mol. The summed E-state index contributed by atoms with van der Waals surface area (Å²) in [7, 11) is 0. The maximum Gasteiger partial charge on any atom is 0.199 e. The van der Waals surface area contributed by atoms with E-state index in [1.807, 2.05) is 0 Å². The monoisotopic (exact) mass is 280 g/mol. The van der Waals surface area contributed by atoms with Crippen LogP contribution in [-0.2, 0) is 0 Å². The van der Waals surface area contributed by atoms with Crippen molar-refractivity contribution in [2.75, 3.05) is 5.73 Å². The highest BCUT2D eigenvalue weighted by molar-refractivity contribution is 6.30. The van der Waals surface area contributed by atoms with E-state index in [1.165, 1.54) is 18.3 Å². The molecule has 0 aliphatic heterocycles. The highest BCUT2D eigenvalue weighted by atomic mass is 35.5. The number of nitrogen functional groups attached to an aromatic ring is 1. The van der Waals surface area contributed by atoms with Gasteiger partial charge < -0.3 is 16.6 Å². The second kappa shape index (κ2) is 5.36. The molecule has 0 aliphatic rings. The van der Waals surface area contributed by atoms with Crippen LogP contribution in [0.1, 0.15) is 11.3 Å². The Bertz CT molecular complexity index is 651. The number of hydrogen-bond donors (Lipinski definition) is 3. The van der Waals surface area contributed by atoms with Crippen LogP contribution in [0.5, 0.6) is 5.75 Å². The third-order valence-electron chi connectivity index (χ3n) is 2.11. The molecule has 19 heavy (non-hydrogen) atoms. The Morgan fingerprint density at radius 1 is 1.42 bits per heavy atom. The molecule has 0 amide bonds. The number of amidine groups is 1. The molecule has 1 aromatic heterocycles. The number of nitrogens with two attached hydrogens (primary N) is 2. The fraction of sp³-hybridized carbons (Fsp3) is 0. The first-order valence-corrected chi connectivity index (χ1v) is 5.39. The molecule has 0 saturated carbocycles. The van der Waals surface area contributed by atoms with E-state index in [-0.39, 0.29) is 23.1 Å². The number of aromatic hydroxyl groups is 1. The molecule has 0 fully saturated rings. The number of aromatic nitrogens is 2. The highest BCUT2D eigenvalue weighted by Gasteiger charge is 2.09. The second-order valence-electron chi connectivity index (χ2n) is 3.43. The van der Waals surface area contributed by atoms with E-state index < -0.39 is 0 Å². The molecule has 0 radical (unpaired) electrons. The van der Waals surface area contributed by atoms with Crippen molar-refractivity contribution in [3.8, 4) is 5.75 Å². The first-order valence-electron chi connectivity index (χ1n) is 5.01. The molecule has 5 N–H and O–H groups in total. The summed E-state index contributed by atoms with van der Waals surface area (Å²) in [6.45, 7) is 0. The summed E-state index contributed by atoms with van der Waals surface area (Å²) in [4.78, 5) is 0. The lowest BCUT2D eigenvalue weighted by Crippen LogP contribution is -2.15. The number of benzene rings is 1. The standard InChI is InChI=1S/C10H9ClN6O2/c11-6-1-2-7(18)5(3-6)4-14-15-9(12)8-10(13)17-19-16-8/h1-4,18H,(H2,12,15)(H2,13,17). The first-order chi connectivity index (χ1) is 9.08. The Hall–Kier alpha value is -2.61. The molecule has 2 aromatic rings. The molecule has 0 saturated heterocycles. The molecule has 98 valence electrons. The van der Waals surface area contributed by atoms with Crippen molar-refractivity contribution in [2.24, 2.45) is 15.9 Å². The van der Waals surface area contributed by atoms with Crippen LogP contribution in [0.4, 0.5) is 5.82 Å². The molecule has 2 rings (SSSR count). The lowest BCUT2D eigenvalue weighted by Gasteiger charge is -1.97. The van der Waals surface area contributed by atoms with Crippen molar-refractivity contribution in [1.29, 1.82) is 0 Å². The van der Waals surface area contributed by atoms with Gasteiger partial charge in [0, 0.05) is 10.6 Å². The van der Waals surface area contributed by atoms with Gasteiger partial charge >= 0.3 is 0 Å². The topological polar surface area (TPSA) is 136 Å². The van der Waals surface area contributed by atoms with E-state index in [4.69, 9.17) is 23.1 Å². The summed E-state index contributed by atoms with van der Waals surface area (Å²) in [5.74, 6) is -0.0249. The van der Waals surface area contributed by atoms with Crippen LogP contribution in [-0.4, -0.2) is 27.5 Å². The number of hydrogen-bond acceptors (Lipinski definition) is 7. The molecular formula is C10H9ClN6O2. The van der Waals surface area contributed by atoms with Crippen molar-refractivity contribution in [3.63, 3.8) is 0 Å². The highest BCUT2D eigenvalue weighted by Crippen LogP contribution is 2.19. The van der Waals surface area contributed by atoms with Gasteiger partial charge in [-0.25, -0.2) is 4.63 Å². The fourth-order valence-electron chi connectivity index (χ4n) is 1.20. The molecule has 0 aliphatic carbocycles. The minimum Gasteiger partial charge on any atom is -0.507 e. The molecule has 1 heterocycles. The van der Waals surface area contributed by atoms with Crippen molar-refractivity contribution in [3.05, 3.63) is 34.5 Å². The zero-order valence-electron chi connectivity index (χ0n) is 9.49. The lowest BCUT2D eigenvalue weighted by molar-refractivity contribution is 0.308. The number of nitrogens with zero attached hydrogens (tertiary/aromatic N) is 4. The fourth-order valence-corrected chi connectivity index (χ4v) is 1.38. The van der Waals surface area contributed by atoms with Crippen LogP contribution in [0.3, 0.4) is 0 Å². The van der Waals surface area contributed by atoms with Crippen LogP contribution in [0, 0.1) is 0 Å². The zero-order chi connectivity index (χ0) is 13.8. The SMILES string of the molecule is N/C(=N\N=Cc1cc(Cl)ccc1O)c1nonc1N. The molecule has 0 spiro atoms.